The molecule has 1 heterocycles. The molecule has 7 nitrogen and oxygen atoms in total. The summed E-state index contributed by atoms with van der Waals surface area (Å²) < 4.78 is 25.1. The van der Waals surface area contributed by atoms with Crippen LogP contribution in [0.2, 0.25) is 10.0 Å². The van der Waals surface area contributed by atoms with E-state index in [1.54, 1.807) is 0 Å². The summed E-state index contributed by atoms with van der Waals surface area (Å²) in [5.41, 5.74) is 2.24. The Labute approximate surface area is 194 Å². The number of thioether (sulfide) groups is 1. The Bertz CT molecular complexity index is 1220. The molecule has 0 bridgehead atoms. The van der Waals surface area contributed by atoms with Crippen LogP contribution in [0.4, 0.5) is 5.69 Å². The third kappa shape index (κ3) is 5.07. The molecule has 162 valence electrons. The Morgan fingerprint density at radius 1 is 1.19 bits per heavy atom. The van der Waals surface area contributed by atoms with Gasteiger partial charge in [0.2, 0.25) is 15.9 Å². The van der Waals surface area contributed by atoms with Crippen molar-refractivity contribution in [1.29, 1.82) is 0 Å². The van der Waals surface area contributed by atoms with Gasteiger partial charge in [0.15, 0.2) is 5.16 Å². The van der Waals surface area contributed by atoms with E-state index < -0.39 is 10.0 Å². The number of anilines is 1. The minimum Gasteiger partial charge on any atom is -0.323 e. The monoisotopic (exact) mass is 496 g/mol. The number of nitrogens with zero attached hydrogens (tertiary/aromatic N) is 2. The van der Waals surface area contributed by atoms with Crippen LogP contribution in [0.5, 0.6) is 0 Å². The number of carbonyl (C=O) groups is 1. The van der Waals surface area contributed by atoms with Crippen LogP contribution < -0.4 is 10.5 Å². The number of nitrogens with two attached hydrogens (primary N) is 1. The number of primary sulfonamides is 1. The molecule has 0 unspecified atom stereocenters. The standard InChI is InChI=1S/C20H18Cl2N4O3S2/c21-15-8-14(31(23,28)29)9-16(22)19(15)25-18(27)11-30-20-24-10-17(26(20)13-6-7-13)12-4-2-1-3-5-12/h1-5,8-10,13H,6-7,11H2,(H,25,27)(H2,23,28,29). The molecular weight excluding hydrogens is 479 g/mol. The number of carbonyl (C=O) groups excluding carboxylic acids is 1. The van der Waals surface area contributed by atoms with Gasteiger partial charge >= 0.3 is 0 Å². The normalized spacial score (nSPS) is 13.9. The van der Waals surface area contributed by atoms with Crippen LogP contribution in [0.25, 0.3) is 11.3 Å². The van der Waals surface area contributed by atoms with Crippen molar-refractivity contribution in [2.45, 2.75) is 28.9 Å². The molecule has 31 heavy (non-hydrogen) atoms. The van der Waals surface area contributed by atoms with Crippen molar-refractivity contribution in [1.82, 2.24) is 9.55 Å². The number of hydrogen-bond donors (Lipinski definition) is 2. The molecule has 1 aliphatic carbocycles. The number of imidazole rings is 1. The molecule has 0 saturated heterocycles. The van der Waals surface area contributed by atoms with E-state index in [2.05, 4.69) is 14.9 Å². The number of rotatable bonds is 7. The van der Waals surface area contributed by atoms with Gasteiger partial charge in [-0.1, -0.05) is 65.3 Å². The summed E-state index contributed by atoms with van der Waals surface area (Å²) in [6, 6.07) is 12.7. The zero-order valence-electron chi connectivity index (χ0n) is 16.1. The second-order valence-electron chi connectivity index (χ2n) is 7.04. The van der Waals surface area contributed by atoms with Crippen LogP contribution in [-0.4, -0.2) is 29.6 Å². The summed E-state index contributed by atoms with van der Waals surface area (Å²) in [7, 11) is -3.96. The maximum absolute atomic E-state index is 12.5. The van der Waals surface area contributed by atoms with Gasteiger partial charge in [0, 0.05) is 6.04 Å². The zero-order chi connectivity index (χ0) is 22.2. The lowest BCUT2D eigenvalue weighted by Crippen LogP contribution is -2.16. The smallest absolute Gasteiger partial charge is 0.238 e. The molecule has 4 rings (SSSR count). The average Bonchev–Trinajstić information content (AvgIpc) is 3.47. The Hall–Kier alpha value is -2.04. The van der Waals surface area contributed by atoms with Crippen LogP contribution >= 0.6 is 35.0 Å². The number of sulfonamides is 1. The second-order valence-corrected chi connectivity index (χ2v) is 10.4. The predicted octanol–water partition coefficient (Wildman–Crippen LogP) is 4.57. The summed E-state index contributed by atoms with van der Waals surface area (Å²) in [6.07, 6.45) is 3.99. The van der Waals surface area contributed by atoms with Gasteiger partial charge in [0.1, 0.15) is 0 Å². The van der Waals surface area contributed by atoms with E-state index in [1.807, 2.05) is 36.5 Å². The maximum atomic E-state index is 12.5. The van der Waals surface area contributed by atoms with E-state index in [0.29, 0.717) is 6.04 Å². The minimum absolute atomic E-state index is 0.0132. The third-order valence-corrected chi connectivity index (χ3v) is 7.14. The van der Waals surface area contributed by atoms with Gasteiger partial charge in [-0.2, -0.15) is 0 Å². The molecule has 1 aliphatic rings. The Morgan fingerprint density at radius 3 is 2.42 bits per heavy atom. The molecule has 1 fully saturated rings. The summed E-state index contributed by atoms with van der Waals surface area (Å²) in [4.78, 5) is 16.8. The fourth-order valence-electron chi connectivity index (χ4n) is 3.10. The van der Waals surface area contributed by atoms with E-state index in [0.717, 1.165) is 41.4 Å². The average molecular weight is 497 g/mol. The molecule has 3 N–H and O–H groups in total. The van der Waals surface area contributed by atoms with Gasteiger partial charge in [0.05, 0.1) is 38.3 Å². The number of halogens is 2. The number of aromatic nitrogens is 2. The number of benzene rings is 2. The van der Waals surface area contributed by atoms with Gasteiger partial charge in [-0.25, -0.2) is 18.5 Å². The van der Waals surface area contributed by atoms with Gasteiger partial charge in [0.25, 0.3) is 0 Å². The van der Waals surface area contributed by atoms with E-state index in [4.69, 9.17) is 28.3 Å². The lowest BCUT2D eigenvalue weighted by Gasteiger charge is -2.12. The lowest BCUT2D eigenvalue weighted by molar-refractivity contribution is -0.113. The Balaban J connectivity index is 1.49. The molecule has 3 aromatic rings. The van der Waals surface area contributed by atoms with Crippen LogP contribution in [-0.2, 0) is 14.8 Å². The summed E-state index contributed by atoms with van der Waals surface area (Å²) in [5.74, 6) is -0.259. The number of nitrogens with one attached hydrogen (secondary N) is 1. The molecule has 1 saturated carbocycles. The Kier molecular flexibility index (Phi) is 6.32. The quantitative estimate of drug-likeness (QED) is 0.465. The van der Waals surface area contributed by atoms with Gasteiger partial charge < -0.3 is 9.88 Å². The minimum atomic E-state index is -3.96. The molecule has 1 amide bonds. The summed E-state index contributed by atoms with van der Waals surface area (Å²) in [5, 5.41) is 8.47. The molecule has 0 aliphatic heterocycles. The van der Waals surface area contributed by atoms with Crippen molar-refractivity contribution in [2.24, 2.45) is 5.14 Å². The van der Waals surface area contributed by atoms with Crippen molar-refractivity contribution in [3.8, 4) is 11.3 Å². The SMILES string of the molecule is NS(=O)(=O)c1cc(Cl)c(NC(=O)CSc2ncc(-c3ccccc3)n2C2CC2)c(Cl)c1. The highest BCUT2D eigenvalue weighted by Crippen LogP contribution is 2.42. The van der Waals surface area contributed by atoms with Crippen LogP contribution in [0.15, 0.2) is 58.7 Å². The van der Waals surface area contributed by atoms with Gasteiger partial charge in [-0.05, 0) is 30.5 Å². The highest BCUT2D eigenvalue weighted by Gasteiger charge is 2.29. The predicted molar refractivity (Wildman–Crippen MR) is 123 cm³/mol. The number of hydrogen-bond acceptors (Lipinski definition) is 5. The first-order valence-electron chi connectivity index (χ1n) is 9.31. The first-order chi connectivity index (χ1) is 14.7. The number of amides is 1. The largest absolute Gasteiger partial charge is 0.323 e. The fourth-order valence-corrected chi connectivity index (χ4v) is 5.22. The van der Waals surface area contributed by atoms with E-state index in [-0.39, 0.29) is 32.3 Å². The second kappa shape index (κ2) is 8.84. The third-order valence-electron chi connectivity index (χ3n) is 4.69. The molecule has 0 atom stereocenters. The topological polar surface area (TPSA) is 107 Å². The fraction of sp³-hybridized carbons (Fsp3) is 0.200. The molecule has 0 spiro atoms. The van der Waals surface area contributed by atoms with Crippen molar-refractivity contribution in [3.05, 3.63) is 58.7 Å². The molecule has 11 heteroatoms. The van der Waals surface area contributed by atoms with Crippen molar-refractivity contribution < 1.29 is 13.2 Å². The van der Waals surface area contributed by atoms with Crippen molar-refractivity contribution in [3.63, 3.8) is 0 Å². The van der Waals surface area contributed by atoms with E-state index >= 15 is 0 Å². The summed E-state index contributed by atoms with van der Waals surface area (Å²) in [6.45, 7) is 0. The zero-order valence-corrected chi connectivity index (χ0v) is 19.2. The molecule has 1 aromatic heterocycles. The van der Waals surface area contributed by atoms with Crippen molar-refractivity contribution in [2.75, 3.05) is 11.1 Å². The molecule has 0 radical (unpaired) electrons. The van der Waals surface area contributed by atoms with Crippen LogP contribution in [0, 0.1) is 0 Å². The van der Waals surface area contributed by atoms with Gasteiger partial charge in [-0.3, -0.25) is 4.79 Å². The van der Waals surface area contributed by atoms with E-state index in [9.17, 15) is 13.2 Å². The molecular formula is C20H18Cl2N4O3S2. The first kappa shape index (κ1) is 22.2. The lowest BCUT2D eigenvalue weighted by atomic mass is 10.2. The first-order valence-corrected chi connectivity index (χ1v) is 12.6. The highest BCUT2D eigenvalue weighted by molar-refractivity contribution is 7.99. The van der Waals surface area contributed by atoms with Crippen molar-refractivity contribution >= 4 is 56.6 Å². The summed E-state index contributed by atoms with van der Waals surface area (Å²) >= 11 is 13.5. The molecule has 2 aromatic carbocycles. The van der Waals surface area contributed by atoms with E-state index in [1.165, 1.54) is 11.8 Å². The van der Waals surface area contributed by atoms with Crippen LogP contribution in [0.1, 0.15) is 18.9 Å². The highest BCUT2D eigenvalue weighted by atomic mass is 35.5. The van der Waals surface area contributed by atoms with Crippen LogP contribution in [0.3, 0.4) is 0 Å². The van der Waals surface area contributed by atoms with Gasteiger partial charge in [-0.15, -0.1) is 0 Å². The Morgan fingerprint density at radius 2 is 1.84 bits per heavy atom. The maximum Gasteiger partial charge on any atom is 0.238 e.